The lowest BCUT2D eigenvalue weighted by atomic mass is 9.91. The molecule has 26 heavy (non-hydrogen) atoms. The van der Waals surface area contributed by atoms with E-state index in [1.54, 1.807) is 26.0 Å². The van der Waals surface area contributed by atoms with E-state index in [9.17, 15) is 19.8 Å². The monoisotopic (exact) mass is 361 g/mol. The minimum absolute atomic E-state index is 0.0753. The highest BCUT2D eigenvalue weighted by Gasteiger charge is 2.43. The summed E-state index contributed by atoms with van der Waals surface area (Å²) in [7, 11) is 1.45. The molecule has 0 saturated heterocycles. The average molecular weight is 361 g/mol. The van der Waals surface area contributed by atoms with Gasteiger partial charge in [-0.05, 0) is 24.1 Å². The molecule has 0 aromatic heterocycles. The van der Waals surface area contributed by atoms with Gasteiger partial charge in [-0.3, -0.25) is 9.59 Å². The van der Waals surface area contributed by atoms with E-state index in [4.69, 9.17) is 4.74 Å². The van der Waals surface area contributed by atoms with Crippen LogP contribution in [-0.4, -0.2) is 40.5 Å². The lowest BCUT2D eigenvalue weighted by Gasteiger charge is -2.27. The fourth-order valence-corrected chi connectivity index (χ4v) is 3.20. The summed E-state index contributed by atoms with van der Waals surface area (Å²) in [5, 5.41) is 20.5. The van der Waals surface area contributed by atoms with Gasteiger partial charge in [-0.15, -0.1) is 0 Å². The Kier molecular flexibility index (Phi) is 6.29. The van der Waals surface area contributed by atoms with Crippen molar-refractivity contribution in [3.8, 4) is 11.5 Å². The number of carbonyl (C=O) groups is 2. The predicted molar refractivity (Wildman–Crippen MR) is 98.1 cm³/mol. The Bertz CT molecular complexity index is 723. The maximum Gasteiger partial charge on any atom is 0.290 e. The first-order chi connectivity index (χ1) is 12.3. The molecule has 0 fully saturated rings. The van der Waals surface area contributed by atoms with Crippen molar-refractivity contribution >= 4 is 11.7 Å². The van der Waals surface area contributed by atoms with Gasteiger partial charge in [0.05, 0.1) is 18.7 Å². The molecule has 1 heterocycles. The summed E-state index contributed by atoms with van der Waals surface area (Å²) in [6, 6.07) is 4.07. The zero-order valence-electron chi connectivity index (χ0n) is 15.8. The summed E-state index contributed by atoms with van der Waals surface area (Å²) in [5.74, 6) is -1.42. The summed E-state index contributed by atoms with van der Waals surface area (Å²) in [6.07, 6.45) is 2.71. The van der Waals surface area contributed by atoms with Gasteiger partial charge in [-0.2, -0.15) is 0 Å². The fraction of sp³-hybridized carbons (Fsp3) is 0.500. The summed E-state index contributed by atoms with van der Waals surface area (Å²) in [5.41, 5.74) is 0.673. The highest BCUT2D eigenvalue weighted by atomic mass is 16.5. The van der Waals surface area contributed by atoms with Gasteiger partial charge in [0.15, 0.2) is 23.0 Å². The van der Waals surface area contributed by atoms with Crippen LogP contribution in [0.2, 0.25) is 0 Å². The van der Waals surface area contributed by atoms with Crippen molar-refractivity contribution in [3.63, 3.8) is 0 Å². The molecule has 0 saturated carbocycles. The first kappa shape index (κ1) is 19.8. The highest BCUT2D eigenvalue weighted by molar-refractivity contribution is 6.09. The van der Waals surface area contributed by atoms with Crippen LogP contribution >= 0.6 is 0 Å². The molecule has 1 unspecified atom stereocenters. The Morgan fingerprint density at radius 3 is 2.50 bits per heavy atom. The molecule has 1 aromatic carbocycles. The molecule has 6 nitrogen and oxygen atoms in total. The zero-order chi connectivity index (χ0) is 19.4. The molecule has 1 aromatic rings. The molecule has 1 atom stereocenters. The maximum atomic E-state index is 12.7. The van der Waals surface area contributed by atoms with E-state index in [0.29, 0.717) is 17.9 Å². The number of ether oxygens (including phenoxy) is 1. The second-order valence-corrected chi connectivity index (χ2v) is 6.82. The number of phenolic OH excluding ortho intramolecular Hbond substituents is 1. The second-order valence-electron chi connectivity index (χ2n) is 6.82. The van der Waals surface area contributed by atoms with Crippen LogP contribution in [0.15, 0.2) is 29.5 Å². The maximum absolute atomic E-state index is 12.7. The van der Waals surface area contributed by atoms with Crippen LogP contribution in [0.3, 0.4) is 0 Å². The van der Waals surface area contributed by atoms with Gasteiger partial charge < -0.3 is 19.8 Å². The highest BCUT2D eigenvalue weighted by Crippen LogP contribution is 2.41. The van der Waals surface area contributed by atoms with Gasteiger partial charge >= 0.3 is 0 Å². The van der Waals surface area contributed by atoms with Crippen LogP contribution in [0, 0.1) is 5.92 Å². The quantitative estimate of drug-likeness (QED) is 0.692. The number of unbranched alkanes of at least 4 members (excludes halogenated alkanes) is 2. The molecule has 1 amide bonds. The summed E-state index contributed by atoms with van der Waals surface area (Å²) >= 11 is 0. The number of methoxy groups -OCH3 is 1. The SMILES string of the molecule is CCCCCN1C(=O)C(O)=C(C(=O)C(C)C)C1c1ccc(OC)c(O)c1. The molecule has 142 valence electrons. The third kappa shape index (κ3) is 3.69. The van der Waals surface area contributed by atoms with E-state index >= 15 is 0 Å². The smallest absolute Gasteiger partial charge is 0.290 e. The van der Waals surface area contributed by atoms with Crippen molar-refractivity contribution in [3.05, 3.63) is 35.1 Å². The van der Waals surface area contributed by atoms with Crippen LogP contribution < -0.4 is 4.74 Å². The topological polar surface area (TPSA) is 87.1 Å². The molecule has 0 aliphatic carbocycles. The largest absolute Gasteiger partial charge is 0.504 e. The summed E-state index contributed by atoms with van der Waals surface area (Å²) in [6.45, 7) is 5.96. The molecule has 2 rings (SSSR count). The van der Waals surface area contributed by atoms with Crippen molar-refractivity contribution in [2.24, 2.45) is 5.92 Å². The lowest BCUT2D eigenvalue weighted by Crippen LogP contribution is -2.32. The van der Waals surface area contributed by atoms with Crippen molar-refractivity contribution in [2.75, 3.05) is 13.7 Å². The Morgan fingerprint density at radius 2 is 1.96 bits per heavy atom. The van der Waals surface area contributed by atoms with E-state index in [2.05, 4.69) is 6.92 Å². The van der Waals surface area contributed by atoms with Gasteiger partial charge in [-0.1, -0.05) is 39.7 Å². The van der Waals surface area contributed by atoms with Crippen LogP contribution in [0.1, 0.15) is 51.6 Å². The number of nitrogens with zero attached hydrogens (tertiary/aromatic N) is 1. The number of carbonyl (C=O) groups excluding carboxylic acids is 2. The van der Waals surface area contributed by atoms with Crippen LogP contribution in [0.5, 0.6) is 11.5 Å². The normalized spacial score (nSPS) is 17.3. The first-order valence-electron chi connectivity index (χ1n) is 8.98. The van der Waals surface area contributed by atoms with Gasteiger partial charge in [0.1, 0.15) is 0 Å². The number of benzene rings is 1. The van der Waals surface area contributed by atoms with Crippen molar-refractivity contribution in [1.29, 1.82) is 0 Å². The molecule has 2 N–H and O–H groups in total. The van der Waals surface area contributed by atoms with Crippen molar-refractivity contribution in [2.45, 2.75) is 46.1 Å². The van der Waals surface area contributed by atoms with Crippen molar-refractivity contribution < 1.29 is 24.5 Å². The Morgan fingerprint density at radius 1 is 1.27 bits per heavy atom. The van der Waals surface area contributed by atoms with E-state index in [-0.39, 0.29) is 23.0 Å². The molecule has 1 aliphatic heterocycles. The van der Waals surface area contributed by atoms with Gasteiger partial charge in [-0.25, -0.2) is 0 Å². The van der Waals surface area contributed by atoms with Crippen LogP contribution in [0.4, 0.5) is 0 Å². The Hall–Kier alpha value is -2.50. The zero-order valence-corrected chi connectivity index (χ0v) is 15.8. The van der Waals surface area contributed by atoms with Crippen LogP contribution in [-0.2, 0) is 9.59 Å². The molecule has 1 aliphatic rings. The number of aromatic hydroxyl groups is 1. The number of rotatable bonds is 8. The molecule has 0 spiro atoms. The Balaban J connectivity index is 2.50. The van der Waals surface area contributed by atoms with E-state index in [1.165, 1.54) is 18.1 Å². The number of hydrogen-bond donors (Lipinski definition) is 2. The van der Waals surface area contributed by atoms with E-state index < -0.39 is 17.7 Å². The van der Waals surface area contributed by atoms with E-state index in [1.807, 2.05) is 0 Å². The lowest BCUT2D eigenvalue weighted by molar-refractivity contribution is -0.129. The minimum Gasteiger partial charge on any atom is -0.504 e. The average Bonchev–Trinajstić information content (AvgIpc) is 2.86. The van der Waals surface area contributed by atoms with Crippen molar-refractivity contribution in [1.82, 2.24) is 4.90 Å². The van der Waals surface area contributed by atoms with Gasteiger partial charge in [0, 0.05) is 12.5 Å². The molecule has 0 radical (unpaired) electrons. The third-order valence-electron chi connectivity index (χ3n) is 4.61. The Labute approximate surface area is 154 Å². The first-order valence-corrected chi connectivity index (χ1v) is 8.98. The molecular formula is C20H27NO5. The third-order valence-corrected chi connectivity index (χ3v) is 4.61. The minimum atomic E-state index is -0.703. The number of aliphatic hydroxyl groups is 1. The van der Waals surface area contributed by atoms with E-state index in [0.717, 1.165) is 19.3 Å². The number of Topliss-reactive ketones (excluding diaryl/α,β-unsaturated/α-hetero) is 1. The predicted octanol–water partition coefficient (Wildman–Crippen LogP) is 3.51. The number of ketones is 1. The number of amides is 1. The standard InChI is InChI=1S/C20H27NO5/c1-5-6-7-10-21-17(13-8-9-15(26-4)14(22)11-13)16(18(23)12(2)3)19(24)20(21)25/h8-9,11-12,17,22,24H,5-7,10H2,1-4H3. The molecule has 6 heteroatoms. The molecular weight excluding hydrogens is 334 g/mol. The van der Waals surface area contributed by atoms with Gasteiger partial charge in [0.25, 0.3) is 5.91 Å². The summed E-state index contributed by atoms with van der Waals surface area (Å²) in [4.78, 5) is 26.8. The number of hydrogen-bond acceptors (Lipinski definition) is 5. The van der Waals surface area contributed by atoms with Crippen LogP contribution in [0.25, 0.3) is 0 Å². The molecule has 0 bridgehead atoms. The second kappa shape index (κ2) is 8.25. The number of phenols is 1. The van der Waals surface area contributed by atoms with Gasteiger partial charge in [0.2, 0.25) is 0 Å². The number of aliphatic hydroxyl groups excluding tert-OH is 1. The fourth-order valence-electron chi connectivity index (χ4n) is 3.20. The summed E-state index contributed by atoms with van der Waals surface area (Å²) < 4.78 is 5.06.